The fourth-order valence-electron chi connectivity index (χ4n) is 2.99. The lowest BCUT2D eigenvalue weighted by atomic mass is 10.1. The molecule has 1 N–H and O–H groups in total. The number of hydrogen-bond acceptors (Lipinski definition) is 2. The molecule has 1 nitrogen and oxygen atoms in total. The SMILES string of the molecule is Oc1ccc(SC2Cc3cccc4cccc2c34)cc1. The molecule has 1 unspecified atom stereocenters. The van der Waals surface area contributed by atoms with Crippen molar-refractivity contribution in [2.75, 3.05) is 0 Å². The summed E-state index contributed by atoms with van der Waals surface area (Å²) in [4.78, 5) is 1.21. The molecule has 0 radical (unpaired) electrons. The molecule has 98 valence electrons. The van der Waals surface area contributed by atoms with Crippen LogP contribution < -0.4 is 0 Å². The van der Waals surface area contributed by atoms with E-state index in [1.807, 2.05) is 23.9 Å². The van der Waals surface area contributed by atoms with Gasteiger partial charge in [0.2, 0.25) is 0 Å². The quantitative estimate of drug-likeness (QED) is 0.717. The summed E-state index contributed by atoms with van der Waals surface area (Å²) in [5, 5.41) is 12.6. The van der Waals surface area contributed by atoms with Crippen molar-refractivity contribution in [2.45, 2.75) is 16.6 Å². The molecule has 0 saturated carbocycles. The van der Waals surface area contributed by atoms with Gasteiger partial charge < -0.3 is 5.11 Å². The average molecular weight is 278 g/mol. The zero-order chi connectivity index (χ0) is 13.5. The van der Waals surface area contributed by atoms with Crippen LogP contribution in [-0.2, 0) is 6.42 Å². The molecule has 1 aliphatic rings. The van der Waals surface area contributed by atoms with Gasteiger partial charge in [0.05, 0.1) is 0 Å². The number of phenols is 1. The number of phenolic OH excluding ortho intramolecular Hbond substituents is 1. The molecule has 0 amide bonds. The first-order valence-corrected chi connectivity index (χ1v) is 7.65. The third kappa shape index (κ3) is 1.88. The Morgan fingerprint density at radius 1 is 0.900 bits per heavy atom. The predicted octanol–water partition coefficient (Wildman–Crippen LogP) is 4.93. The monoisotopic (exact) mass is 278 g/mol. The molecule has 4 rings (SSSR count). The molecule has 0 saturated heterocycles. The summed E-state index contributed by atoms with van der Waals surface area (Å²) in [5.41, 5.74) is 2.89. The summed E-state index contributed by atoms with van der Waals surface area (Å²) < 4.78 is 0. The molecule has 20 heavy (non-hydrogen) atoms. The minimum absolute atomic E-state index is 0.325. The molecule has 0 spiro atoms. The lowest BCUT2D eigenvalue weighted by molar-refractivity contribution is 0.475. The molecule has 1 aliphatic carbocycles. The number of rotatable bonds is 2. The Labute approximate surface area is 122 Å². The maximum absolute atomic E-state index is 9.37. The smallest absolute Gasteiger partial charge is 0.115 e. The lowest BCUT2D eigenvalue weighted by Crippen LogP contribution is -1.90. The van der Waals surface area contributed by atoms with Crippen molar-refractivity contribution in [2.24, 2.45) is 0 Å². The Morgan fingerprint density at radius 2 is 1.65 bits per heavy atom. The normalized spacial score (nSPS) is 16.7. The van der Waals surface area contributed by atoms with E-state index in [-0.39, 0.29) is 0 Å². The van der Waals surface area contributed by atoms with Crippen LogP contribution in [0.15, 0.2) is 65.6 Å². The van der Waals surface area contributed by atoms with E-state index in [0.717, 1.165) is 6.42 Å². The minimum atomic E-state index is 0.325. The van der Waals surface area contributed by atoms with Gasteiger partial charge in [0, 0.05) is 10.1 Å². The number of aromatic hydroxyl groups is 1. The van der Waals surface area contributed by atoms with Crippen molar-refractivity contribution in [1.82, 2.24) is 0 Å². The Kier molecular flexibility index (Phi) is 2.71. The van der Waals surface area contributed by atoms with Crippen LogP contribution >= 0.6 is 11.8 Å². The number of hydrogen-bond donors (Lipinski definition) is 1. The highest BCUT2D eigenvalue weighted by molar-refractivity contribution is 7.99. The summed E-state index contributed by atoms with van der Waals surface area (Å²) >= 11 is 1.88. The Bertz CT molecular complexity index is 772. The standard InChI is InChI=1S/C18H14OS/c19-14-7-9-15(10-8-14)20-17-11-13-5-1-3-12-4-2-6-16(17)18(12)13/h1-10,17,19H,11H2. The van der Waals surface area contributed by atoms with Gasteiger partial charge in [0.1, 0.15) is 5.75 Å². The molecule has 0 aromatic heterocycles. The van der Waals surface area contributed by atoms with E-state index >= 15 is 0 Å². The van der Waals surface area contributed by atoms with Crippen LogP contribution in [0.5, 0.6) is 5.75 Å². The molecule has 3 aromatic carbocycles. The van der Waals surface area contributed by atoms with E-state index in [1.54, 1.807) is 12.1 Å². The van der Waals surface area contributed by atoms with E-state index < -0.39 is 0 Å². The van der Waals surface area contributed by atoms with Crippen LogP contribution in [0.4, 0.5) is 0 Å². The van der Waals surface area contributed by atoms with Crippen molar-refractivity contribution in [3.63, 3.8) is 0 Å². The zero-order valence-corrected chi connectivity index (χ0v) is 11.7. The fraction of sp³-hybridized carbons (Fsp3) is 0.111. The summed E-state index contributed by atoms with van der Waals surface area (Å²) in [5.74, 6) is 0.325. The van der Waals surface area contributed by atoms with Gasteiger partial charge in [-0.25, -0.2) is 0 Å². The van der Waals surface area contributed by atoms with Gasteiger partial charge in [0.15, 0.2) is 0 Å². The lowest BCUT2D eigenvalue weighted by Gasteiger charge is -2.11. The van der Waals surface area contributed by atoms with Crippen molar-refractivity contribution < 1.29 is 5.11 Å². The Balaban J connectivity index is 1.73. The molecular weight excluding hydrogens is 264 g/mol. The highest BCUT2D eigenvalue weighted by atomic mass is 32.2. The number of benzene rings is 3. The maximum atomic E-state index is 9.37. The van der Waals surface area contributed by atoms with Crippen LogP contribution in [0.3, 0.4) is 0 Å². The third-order valence-corrected chi connectivity index (χ3v) is 5.14. The van der Waals surface area contributed by atoms with E-state index in [0.29, 0.717) is 11.0 Å². The maximum Gasteiger partial charge on any atom is 0.115 e. The highest BCUT2D eigenvalue weighted by Crippen LogP contribution is 2.46. The fourth-order valence-corrected chi connectivity index (χ4v) is 4.20. The minimum Gasteiger partial charge on any atom is -0.508 e. The van der Waals surface area contributed by atoms with Gasteiger partial charge in [-0.15, -0.1) is 11.8 Å². The first-order chi connectivity index (χ1) is 9.81. The topological polar surface area (TPSA) is 20.2 Å². The first kappa shape index (κ1) is 11.9. The van der Waals surface area contributed by atoms with Gasteiger partial charge in [-0.05, 0) is 52.6 Å². The van der Waals surface area contributed by atoms with Crippen molar-refractivity contribution >= 4 is 22.5 Å². The summed E-state index contributed by atoms with van der Waals surface area (Å²) in [6.07, 6.45) is 1.09. The zero-order valence-electron chi connectivity index (χ0n) is 10.9. The van der Waals surface area contributed by atoms with E-state index in [1.165, 1.54) is 26.8 Å². The van der Waals surface area contributed by atoms with Crippen LogP contribution in [-0.4, -0.2) is 5.11 Å². The average Bonchev–Trinajstić information content (AvgIpc) is 2.82. The second-order valence-corrected chi connectivity index (χ2v) is 6.44. The molecule has 0 bridgehead atoms. The second kappa shape index (κ2) is 4.57. The largest absolute Gasteiger partial charge is 0.508 e. The molecule has 1 atom stereocenters. The summed E-state index contributed by atoms with van der Waals surface area (Å²) in [7, 11) is 0. The molecule has 0 fully saturated rings. The first-order valence-electron chi connectivity index (χ1n) is 6.77. The van der Waals surface area contributed by atoms with Crippen LogP contribution in [0.25, 0.3) is 10.8 Å². The molecule has 0 heterocycles. The molecule has 2 heteroatoms. The number of thioether (sulfide) groups is 1. The van der Waals surface area contributed by atoms with Gasteiger partial charge >= 0.3 is 0 Å². The predicted molar refractivity (Wildman–Crippen MR) is 84.4 cm³/mol. The Morgan fingerprint density at radius 3 is 2.45 bits per heavy atom. The van der Waals surface area contributed by atoms with Gasteiger partial charge in [-0.1, -0.05) is 36.4 Å². The van der Waals surface area contributed by atoms with Crippen molar-refractivity contribution in [1.29, 1.82) is 0 Å². The van der Waals surface area contributed by atoms with E-state index in [9.17, 15) is 5.11 Å². The highest BCUT2D eigenvalue weighted by Gasteiger charge is 2.24. The van der Waals surface area contributed by atoms with Crippen LogP contribution in [0.2, 0.25) is 0 Å². The molecule has 3 aromatic rings. The van der Waals surface area contributed by atoms with E-state index in [4.69, 9.17) is 0 Å². The second-order valence-electron chi connectivity index (χ2n) is 5.17. The van der Waals surface area contributed by atoms with Gasteiger partial charge in [0.25, 0.3) is 0 Å². The summed E-state index contributed by atoms with van der Waals surface area (Å²) in [6.45, 7) is 0. The summed E-state index contributed by atoms with van der Waals surface area (Å²) in [6, 6.07) is 20.7. The van der Waals surface area contributed by atoms with Crippen molar-refractivity contribution in [3.8, 4) is 5.75 Å². The van der Waals surface area contributed by atoms with Gasteiger partial charge in [-0.2, -0.15) is 0 Å². The van der Waals surface area contributed by atoms with Crippen molar-refractivity contribution in [3.05, 3.63) is 71.8 Å². The van der Waals surface area contributed by atoms with Crippen LogP contribution in [0.1, 0.15) is 16.4 Å². The molecule has 0 aliphatic heterocycles. The van der Waals surface area contributed by atoms with Gasteiger partial charge in [-0.3, -0.25) is 0 Å². The van der Waals surface area contributed by atoms with Crippen LogP contribution in [0, 0.1) is 0 Å². The van der Waals surface area contributed by atoms with E-state index in [2.05, 4.69) is 36.4 Å². The molecular formula is C18H14OS. The Hall–Kier alpha value is -1.93. The third-order valence-electron chi connectivity index (χ3n) is 3.89.